The minimum Gasteiger partial charge on any atom is -0.479 e. The minimum absolute atomic E-state index is 0.0732. The van der Waals surface area contributed by atoms with Gasteiger partial charge in [0.05, 0.1) is 6.54 Å². The molecule has 0 rings (SSSR count). The highest BCUT2D eigenvalue weighted by Crippen LogP contribution is 2.18. The average Bonchev–Trinajstić information content (AvgIpc) is 2.34. The molecule has 0 aromatic rings. The first-order valence-corrected chi connectivity index (χ1v) is 6.08. The first kappa shape index (κ1) is 17.7. The fourth-order valence-corrected chi connectivity index (χ4v) is 1.31. The van der Waals surface area contributed by atoms with Crippen LogP contribution in [0.4, 0.5) is 4.79 Å². The molecule has 0 bridgehead atoms. The lowest BCUT2D eigenvalue weighted by atomic mass is 9.90. The van der Waals surface area contributed by atoms with Crippen molar-refractivity contribution >= 4 is 12.0 Å². The number of rotatable bonds is 9. The summed E-state index contributed by atoms with van der Waals surface area (Å²) >= 11 is 0. The number of methoxy groups -OCH3 is 2. The molecule has 7 heteroatoms. The average molecular weight is 276 g/mol. The van der Waals surface area contributed by atoms with Crippen LogP contribution in [0.2, 0.25) is 0 Å². The normalized spacial score (nSPS) is 12.8. The molecule has 0 saturated carbocycles. The molecular weight excluding hydrogens is 252 g/mol. The third kappa shape index (κ3) is 8.39. The topological polar surface area (TPSA) is 96.9 Å². The highest BCUT2D eigenvalue weighted by Gasteiger charge is 2.20. The molecule has 1 unspecified atom stereocenters. The summed E-state index contributed by atoms with van der Waals surface area (Å²) in [7, 11) is 2.92. The van der Waals surface area contributed by atoms with Gasteiger partial charge >= 0.3 is 12.0 Å². The lowest BCUT2D eigenvalue weighted by molar-refractivity contribution is -0.147. The van der Waals surface area contributed by atoms with Crippen LogP contribution < -0.4 is 10.6 Å². The maximum Gasteiger partial charge on any atom is 0.334 e. The van der Waals surface area contributed by atoms with Crippen molar-refractivity contribution in [2.75, 3.05) is 33.9 Å². The molecule has 0 fully saturated rings. The number of nitrogens with one attached hydrogen (secondary N) is 2. The van der Waals surface area contributed by atoms with Crippen molar-refractivity contribution in [1.82, 2.24) is 10.6 Å². The van der Waals surface area contributed by atoms with E-state index in [2.05, 4.69) is 10.6 Å². The third-order valence-electron chi connectivity index (χ3n) is 2.72. The molecular formula is C12H24N2O5. The van der Waals surface area contributed by atoms with Gasteiger partial charge in [0.2, 0.25) is 0 Å². The Balaban J connectivity index is 3.95. The molecule has 0 heterocycles. The van der Waals surface area contributed by atoms with E-state index in [1.54, 1.807) is 7.11 Å². The Kier molecular flexibility index (Phi) is 8.09. The van der Waals surface area contributed by atoms with Gasteiger partial charge in [-0.05, 0) is 11.8 Å². The summed E-state index contributed by atoms with van der Waals surface area (Å²) < 4.78 is 9.70. The molecule has 0 spiro atoms. The number of urea groups is 1. The van der Waals surface area contributed by atoms with E-state index in [-0.39, 0.29) is 12.0 Å². The minimum atomic E-state index is -1.11. The van der Waals surface area contributed by atoms with Gasteiger partial charge in [-0.1, -0.05) is 13.8 Å². The zero-order valence-corrected chi connectivity index (χ0v) is 12.0. The van der Waals surface area contributed by atoms with E-state index in [0.717, 1.165) is 6.42 Å². The fraction of sp³-hybridized carbons (Fsp3) is 0.833. The number of hydrogen-bond acceptors (Lipinski definition) is 4. The van der Waals surface area contributed by atoms with Gasteiger partial charge < -0.3 is 25.2 Å². The van der Waals surface area contributed by atoms with Crippen LogP contribution in [-0.4, -0.2) is 57.1 Å². The first-order valence-electron chi connectivity index (χ1n) is 6.08. The van der Waals surface area contributed by atoms with Gasteiger partial charge in [-0.25, -0.2) is 9.59 Å². The fourth-order valence-electron chi connectivity index (χ4n) is 1.31. The summed E-state index contributed by atoms with van der Waals surface area (Å²) in [5.74, 6) is -1.11. The summed E-state index contributed by atoms with van der Waals surface area (Å²) in [6, 6.07) is -0.409. The van der Waals surface area contributed by atoms with Crippen LogP contribution in [0, 0.1) is 5.41 Å². The third-order valence-corrected chi connectivity index (χ3v) is 2.72. The number of amides is 2. The lowest BCUT2D eigenvalue weighted by Gasteiger charge is -2.24. The number of carbonyl (C=O) groups is 2. The highest BCUT2D eigenvalue weighted by molar-refractivity contribution is 5.76. The zero-order valence-electron chi connectivity index (χ0n) is 12.0. The van der Waals surface area contributed by atoms with E-state index in [1.165, 1.54) is 7.11 Å². The van der Waals surface area contributed by atoms with Gasteiger partial charge in [0.15, 0.2) is 6.10 Å². The molecule has 0 aromatic heterocycles. The molecule has 0 aliphatic carbocycles. The van der Waals surface area contributed by atoms with E-state index in [9.17, 15) is 9.59 Å². The van der Waals surface area contributed by atoms with Crippen molar-refractivity contribution in [3.8, 4) is 0 Å². The molecule has 3 N–H and O–H groups in total. The van der Waals surface area contributed by atoms with Gasteiger partial charge in [0, 0.05) is 27.4 Å². The van der Waals surface area contributed by atoms with Crippen LogP contribution in [0.25, 0.3) is 0 Å². The Hall–Kier alpha value is -1.34. The Morgan fingerprint density at radius 2 is 1.89 bits per heavy atom. The molecule has 0 radical (unpaired) electrons. The van der Waals surface area contributed by atoms with E-state index in [1.807, 2.05) is 13.8 Å². The molecule has 19 heavy (non-hydrogen) atoms. The summed E-state index contributed by atoms with van der Waals surface area (Å²) in [6.45, 7) is 5.06. The maximum absolute atomic E-state index is 11.5. The number of carboxylic acid groups (broad SMARTS) is 1. The molecule has 0 aromatic carbocycles. The van der Waals surface area contributed by atoms with Gasteiger partial charge in [-0.15, -0.1) is 0 Å². The van der Waals surface area contributed by atoms with Crippen LogP contribution in [0.3, 0.4) is 0 Å². The Labute approximate surface area is 113 Å². The van der Waals surface area contributed by atoms with Gasteiger partial charge in [-0.2, -0.15) is 0 Å². The summed E-state index contributed by atoms with van der Waals surface area (Å²) in [6.07, 6.45) is -0.216. The second kappa shape index (κ2) is 8.71. The second-order valence-corrected chi connectivity index (χ2v) is 5.03. The molecule has 0 saturated heterocycles. The number of carboxylic acids is 1. The van der Waals surface area contributed by atoms with Crippen molar-refractivity contribution in [2.24, 2.45) is 5.41 Å². The van der Waals surface area contributed by atoms with Crippen molar-refractivity contribution in [1.29, 1.82) is 0 Å². The largest absolute Gasteiger partial charge is 0.479 e. The van der Waals surface area contributed by atoms with E-state index in [4.69, 9.17) is 14.6 Å². The predicted molar refractivity (Wildman–Crippen MR) is 70.1 cm³/mol. The summed E-state index contributed by atoms with van der Waals surface area (Å²) in [4.78, 5) is 22.2. The highest BCUT2D eigenvalue weighted by atomic mass is 16.5. The SMILES string of the molecule is COCCC(C)(C)CNC(=O)NCC(OC)C(=O)O. The molecule has 7 nitrogen and oxygen atoms in total. The molecule has 1 atom stereocenters. The smallest absolute Gasteiger partial charge is 0.334 e. The zero-order chi connectivity index (χ0) is 14.9. The maximum atomic E-state index is 11.5. The predicted octanol–water partition coefficient (Wildman–Crippen LogP) is 0.448. The molecule has 0 aliphatic heterocycles. The number of aliphatic carboxylic acids is 1. The van der Waals surface area contributed by atoms with Crippen LogP contribution in [0.15, 0.2) is 0 Å². The Bertz CT molecular complexity index is 294. The van der Waals surface area contributed by atoms with E-state index < -0.39 is 18.1 Å². The van der Waals surface area contributed by atoms with Crippen LogP contribution >= 0.6 is 0 Å². The van der Waals surface area contributed by atoms with Gasteiger partial charge in [0.25, 0.3) is 0 Å². The monoisotopic (exact) mass is 276 g/mol. The number of carbonyl (C=O) groups excluding carboxylic acids is 1. The van der Waals surface area contributed by atoms with Gasteiger partial charge in [-0.3, -0.25) is 0 Å². The molecule has 0 aliphatic rings. The first-order chi connectivity index (χ1) is 8.82. The summed E-state index contributed by atoms with van der Waals surface area (Å²) in [5, 5.41) is 13.9. The standard InChI is InChI=1S/C12H24N2O5/c1-12(2,5-6-18-3)8-14-11(17)13-7-9(19-4)10(15)16/h9H,5-8H2,1-4H3,(H,15,16)(H2,13,14,17). The quantitative estimate of drug-likeness (QED) is 0.568. The Morgan fingerprint density at radius 3 is 2.37 bits per heavy atom. The van der Waals surface area contributed by atoms with Crippen molar-refractivity contribution < 1.29 is 24.2 Å². The van der Waals surface area contributed by atoms with E-state index in [0.29, 0.717) is 13.2 Å². The number of hydrogen-bond donors (Lipinski definition) is 3. The lowest BCUT2D eigenvalue weighted by Crippen LogP contribution is -2.45. The summed E-state index contributed by atoms with van der Waals surface area (Å²) in [5.41, 5.74) is -0.0825. The van der Waals surface area contributed by atoms with Crippen LogP contribution in [0.5, 0.6) is 0 Å². The van der Waals surface area contributed by atoms with Crippen LogP contribution in [-0.2, 0) is 14.3 Å². The van der Waals surface area contributed by atoms with Crippen molar-refractivity contribution in [2.45, 2.75) is 26.4 Å². The van der Waals surface area contributed by atoms with Crippen molar-refractivity contribution in [3.05, 3.63) is 0 Å². The molecule has 112 valence electrons. The van der Waals surface area contributed by atoms with E-state index >= 15 is 0 Å². The number of ether oxygens (including phenoxy) is 2. The molecule has 2 amide bonds. The van der Waals surface area contributed by atoms with Gasteiger partial charge in [0.1, 0.15) is 0 Å². The second-order valence-electron chi connectivity index (χ2n) is 5.03. The van der Waals surface area contributed by atoms with Crippen molar-refractivity contribution in [3.63, 3.8) is 0 Å². The van der Waals surface area contributed by atoms with Crippen LogP contribution in [0.1, 0.15) is 20.3 Å². The Morgan fingerprint density at radius 1 is 1.26 bits per heavy atom.